The van der Waals surface area contributed by atoms with Gasteiger partial charge < -0.3 is 16.8 Å². The maximum Gasteiger partial charge on any atom is 0.250 e. The van der Waals surface area contributed by atoms with Crippen molar-refractivity contribution in [1.82, 2.24) is 0 Å². The van der Waals surface area contributed by atoms with Crippen LogP contribution in [0.4, 0.5) is 5.69 Å². The van der Waals surface area contributed by atoms with Crippen molar-refractivity contribution >= 4 is 23.2 Å². The van der Waals surface area contributed by atoms with Gasteiger partial charge in [0.25, 0.3) is 0 Å². The molecular weight excluding hydrogens is 250 g/mol. The number of hydrogen-bond donors (Lipinski definition) is 3. The van der Waals surface area contributed by atoms with Crippen molar-refractivity contribution in [2.24, 2.45) is 17.4 Å². The normalized spacial score (nSPS) is 14.3. The van der Waals surface area contributed by atoms with Crippen molar-refractivity contribution in [2.45, 2.75) is 26.3 Å². The number of primary amides is 1. The van der Waals surface area contributed by atoms with Crippen molar-refractivity contribution in [3.63, 3.8) is 0 Å². The topological polar surface area (TPSA) is 81.1 Å². The Bertz CT molecular complexity index is 448. The van der Waals surface area contributed by atoms with Crippen LogP contribution >= 0.6 is 11.6 Å². The van der Waals surface area contributed by atoms with Gasteiger partial charge in [-0.15, -0.1) is 0 Å². The van der Waals surface area contributed by atoms with Gasteiger partial charge in [0.05, 0.1) is 10.6 Å². The lowest BCUT2D eigenvalue weighted by atomic mass is 9.88. The molecule has 18 heavy (non-hydrogen) atoms. The molecule has 0 heterocycles. The van der Waals surface area contributed by atoms with E-state index in [0.29, 0.717) is 23.0 Å². The molecule has 5 heteroatoms. The quantitative estimate of drug-likeness (QED) is 0.767. The molecular formula is C13H20ClN3O. The second kappa shape index (κ2) is 5.59. The molecule has 0 aromatic heterocycles. The van der Waals surface area contributed by atoms with Crippen LogP contribution in [0, 0.1) is 5.92 Å². The highest BCUT2D eigenvalue weighted by Crippen LogP contribution is 2.26. The van der Waals surface area contributed by atoms with E-state index in [4.69, 9.17) is 23.1 Å². The molecule has 0 spiro atoms. The van der Waals surface area contributed by atoms with Crippen LogP contribution in [0.5, 0.6) is 0 Å². The number of carbonyl (C=O) groups is 1. The number of nitrogens with two attached hydrogens (primary N) is 2. The zero-order chi connectivity index (χ0) is 13.9. The molecule has 0 aliphatic carbocycles. The molecule has 0 aliphatic heterocycles. The molecule has 4 nitrogen and oxygen atoms in total. The minimum Gasteiger partial charge on any atom is -0.378 e. The summed E-state index contributed by atoms with van der Waals surface area (Å²) in [4.78, 5) is 11.1. The summed E-state index contributed by atoms with van der Waals surface area (Å²) in [5.74, 6) is -0.172. The van der Waals surface area contributed by atoms with Crippen molar-refractivity contribution in [3.8, 4) is 0 Å². The first kappa shape index (κ1) is 14.8. The van der Waals surface area contributed by atoms with Crippen LogP contribution in [-0.4, -0.2) is 18.0 Å². The largest absolute Gasteiger partial charge is 0.378 e. The number of anilines is 1. The van der Waals surface area contributed by atoms with Gasteiger partial charge >= 0.3 is 0 Å². The summed E-state index contributed by atoms with van der Waals surface area (Å²) < 4.78 is 0. The maximum absolute atomic E-state index is 11.1. The summed E-state index contributed by atoms with van der Waals surface area (Å²) in [6.07, 6.45) is 0. The van der Waals surface area contributed by atoms with E-state index in [1.807, 2.05) is 6.92 Å². The number of hydrogen-bond acceptors (Lipinski definition) is 3. The van der Waals surface area contributed by atoms with Crippen LogP contribution in [0.15, 0.2) is 18.2 Å². The van der Waals surface area contributed by atoms with Gasteiger partial charge in [0, 0.05) is 17.8 Å². The van der Waals surface area contributed by atoms with Crippen LogP contribution < -0.4 is 16.8 Å². The molecule has 0 bridgehead atoms. The second-order valence-electron chi connectivity index (χ2n) is 4.96. The van der Waals surface area contributed by atoms with Crippen LogP contribution in [0.3, 0.4) is 0 Å². The fourth-order valence-electron chi connectivity index (χ4n) is 1.55. The first-order chi connectivity index (χ1) is 8.30. The first-order valence-electron chi connectivity index (χ1n) is 5.87. The molecule has 0 saturated heterocycles. The highest BCUT2D eigenvalue weighted by Gasteiger charge is 2.26. The lowest BCUT2D eigenvalue weighted by Gasteiger charge is -2.34. The van der Waals surface area contributed by atoms with E-state index in [-0.39, 0.29) is 5.54 Å². The third-order valence-corrected chi connectivity index (χ3v) is 3.68. The SMILES string of the molecule is CC(C)C(C)(CN)Nc1ccc(C(N)=O)c(Cl)c1. The van der Waals surface area contributed by atoms with Crippen molar-refractivity contribution < 1.29 is 4.79 Å². The van der Waals surface area contributed by atoms with Gasteiger partial charge in [-0.05, 0) is 31.0 Å². The zero-order valence-corrected chi connectivity index (χ0v) is 11.7. The van der Waals surface area contributed by atoms with Gasteiger partial charge in [-0.3, -0.25) is 4.79 Å². The molecule has 100 valence electrons. The molecule has 5 N–H and O–H groups in total. The third kappa shape index (κ3) is 3.15. The number of halogens is 1. The standard InChI is InChI=1S/C13H20ClN3O/c1-8(2)13(3,7-15)17-9-4-5-10(12(16)18)11(14)6-9/h4-6,8,17H,7,15H2,1-3H3,(H2,16,18). The lowest BCUT2D eigenvalue weighted by Crippen LogP contribution is -2.47. The van der Waals surface area contributed by atoms with Crippen molar-refractivity contribution in [3.05, 3.63) is 28.8 Å². The molecule has 0 saturated carbocycles. The van der Waals surface area contributed by atoms with E-state index in [1.165, 1.54) is 0 Å². The monoisotopic (exact) mass is 269 g/mol. The van der Waals surface area contributed by atoms with Crippen LogP contribution in [0.1, 0.15) is 31.1 Å². The van der Waals surface area contributed by atoms with E-state index in [9.17, 15) is 4.79 Å². The number of amides is 1. The zero-order valence-electron chi connectivity index (χ0n) is 11.0. The summed E-state index contributed by atoms with van der Waals surface area (Å²) in [5, 5.41) is 3.69. The van der Waals surface area contributed by atoms with Crippen molar-refractivity contribution in [1.29, 1.82) is 0 Å². The minimum atomic E-state index is -0.531. The molecule has 1 aromatic carbocycles. The second-order valence-corrected chi connectivity index (χ2v) is 5.37. The third-order valence-electron chi connectivity index (χ3n) is 3.36. The molecule has 1 atom stereocenters. The van der Waals surface area contributed by atoms with Gasteiger partial charge in [-0.1, -0.05) is 25.4 Å². The predicted molar refractivity (Wildman–Crippen MR) is 75.9 cm³/mol. The fourth-order valence-corrected chi connectivity index (χ4v) is 1.83. The molecule has 0 aliphatic rings. The smallest absolute Gasteiger partial charge is 0.250 e. The molecule has 1 aromatic rings. The van der Waals surface area contributed by atoms with E-state index in [1.54, 1.807) is 18.2 Å². The molecule has 1 amide bonds. The van der Waals surface area contributed by atoms with Gasteiger partial charge in [-0.2, -0.15) is 0 Å². The Morgan fingerprint density at radius 1 is 1.50 bits per heavy atom. The number of rotatable bonds is 5. The van der Waals surface area contributed by atoms with E-state index in [0.717, 1.165) is 5.69 Å². The summed E-state index contributed by atoms with van der Waals surface area (Å²) in [6, 6.07) is 5.09. The van der Waals surface area contributed by atoms with E-state index >= 15 is 0 Å². The average molecular weight is 270 g/mol. The Labute approximate surface area is 113 Å². The molecule has 1 rings (SSSR count). The van der Waals surface area contributed by atoms with Gasteiger partial charge in [0.1, 0.15) is 0 Å². The Kier molecular flexibility index (Phi) is 4.59. The summed E-state index contributed by atoms with van der Waals surface area (Å²) in [7, 11) is 0. The van der Waals surface area contributed by atoms with Gasteiger partial charge in [0.2, 0.25) is 5.91 Å². The highest BCUT2D eigenvalue weighted by molar-refractivity contribution is 6.34. The first-order valence-corrected chi connectivity index (χ1v) is 6.25. The Hall–Kier alpha value is -1.26. The fraction of sp³-hybridized carbons (Fsp3) is 0.462. The van der Waals surface area contributed by atoms with Gasteiger partial charge in [-0.25, -0.2) is 0 Å². The number of benzene rings is 1. The molecule has 1 unspecified atom stereocenters. The summed E-state index contributed by atoms with van der Waals surface area (Å²) >= 11 is 6.00. The van der Waals surface area contributed by atoms with E-state index < -0.39 is 5.91 Å². The average Bonchev–Trinajstić information content (AvgIpc) is 2.28. The number of carbonyl (C=O) groups excluding carboxylic acids is 1. The Balaban J connectivity index is 2.99. The van der Waals surface area contributed by atoms with Crippen LogP contribution in [0.2, 0.25) is 5.02 Å². The Morgan fingerprint density at radius 2 is 2.11 bits per heavy atom. The summed E-state index contributed by atoms with van der Waals surface area (Å²) in [6.45, 7) is 6.74. The van der Waals surface area contributed by atoms with E-state index in [2.05, 4.69) is 19.2 Å². The lowest BCUT2D eigenvalue weighted by molar-refractivity contribution is 0.100. The summed E-state index contributed by atoms with van der Waals surface area (Å²) in [5.41, 5.74) is 11.9. The minimum absolute atomic E-state index is 0.225. The Morgan fingerprint density at radius 3 is 2.50 bits per heavy atom. The maximum atomic E-state index is 11.1. The van der Waals surface area contributed by atoms with Crippen LogP contribution in [-0.2, 0) is 0 Å². The predicted octanol–water partition coefficient (Wildman–Crippen LogP) is 2.22. The van der Waals surface area contributed by atoms with Crippen LogP contribution in [0.25, 0.3) is 0 Å². The van der Waals surface area contributed by atoms with Crippen molar-refractivity contribution in [2.75, 3.05) is 11.9 Å². The molecule has 0 radical (unpaired) electrons. The number of nitrogens with one attached hydrogen (secondary N) is 1. The van der Waals surface area contributed by atoms with Gasteiger partial charge in [0.15, 0.2) is 0 Å². The highest BCUT2D eigenvalue weighted by atomic mass is 35.5. The molecule has 0 fully saturated rings.